The topological polar surface area (TPSA) is 108 Å². The van der Waals surface area contributed by atoms with Gasteiger partial charge in [0.1, 0.15) is 5.82 Å². The van der Waals surface area contributed by atoms with Crippen LogP contribution in [-0.4, -0.2) is 45.0 Å². The van der Waals surface area contributed by atoms with Crippen molar-refractivity contribution in [3.63, 3.8) is 0 Å². The second kappa shape index (κ2) is 11.1. The van der Waals surface area contributed by atoms with Gasteiger partial charge in [-0.2, -0.15) is 0 Å². The first-order valence-electron chi connectivity index (χ1n) is 10.5. The number of nitrogens with one attached hydrogen (secondary N) is 3. The fourth-order valence-corrected chi connectivity index (χ4v) is 4.32. The van der Waals surface area contributed by atoms with E-state index < -0.39 is 21.9 Å². The average molecular weight is 463 g/mol. The molecular weight excluding hydrogens is 435 g/mol. The molecule has 172 valence electrons. The standard InChI is InChI=1S/C22H27FN4O4S/c23-19-7-5-6-18(16-19)21(28)24-13-12-17-8-10-20(11-9-17)32(30,31)26-22(29)25-27-14-3-1-2-4-15-27/h5-11,16H,1-4,12-15H2,(H,24,28)(H2,25,26,29). The lowest BCUT2D eigenvalue weighted by Gasteiger charge is -2.20. The molecule has 2 aromatic carbocycles. The third-order valence-corrected chi connectivity index (χ3v) is 6.46. The molecule has 1 heterocycles. The van der Waals surface area contributed by atoms with Gasteiger partial charge in [0, 0.05) is 25.2 Å². The van der Waals surface area contributed by atoms with E-state index in [1.54, 1.807) is 17.1 Å². The summed E-state index contributed by atoms with van der Waals surface area (Å²) in [5, 5.41) is 4.43. The van der Waals surface area contributed by atoms with Crippen molar-refractivity contribution >= 4 is 22.0 Å². The Balaban J connectivity index is 1.49. The van der Waals surface area contributed by atoms with Gasteiger partial charge < -0.3 is 5.32 Å². The van der Waals surface area contributed by atoms with Gasteiger partial charge in [-0.25, -0.2) is 27.3 Å². The van der Waals surface area contributed by atoms with Crippen LogP contribution >= 0.6 is 0 Å². The maximum atomic E-state index is 13.2. The number of sulfonamides is 1. The first kappa shape index (κ1) is 23.7. The highest BCUT2D eigenvalue weighted by molar-refractivity contribution is 7.90. The van der Waals surface area contributed by atoms with Crippen molar-refractivity contribution in [3.8, 4) is 0 Å². The van der Waals surface area contributed by atoms with Gasteiger partial charge in [-0.1, -0.05) is 31.0 Å². The zero-order valence-electron chi connectivity index (χ0n) is 17.6. The summed E-state index contributed by atoms with van der Waals surface area (Å²) in [7, 11) is -4.00. The van der Waals surface area contributed by atoms with Gasteiger partial charge in [0.2, 0.25) is 0 Å². The quantitative estimate of drug-likeness (QED) is 0.586. The van der Waals surface area contributed by atoms with E-state index in [2.05, 4.69) is 10.7 Å². The number of carbonyl (C=O) groups is 2. The van der Waals surface area contributed by atoms with Crippen molar-refractivity contribution in [2.45, 2.75) is 37.0 Å². The predicted molar refractivity (Wildman–Crippen MR) is 118 cm³/mol. The molecule has 3 rings (SSSR count). The lowest BCUT2D eigenvalue weighted by Crippen LogP contribution is -2.49. The van der Waals surface area contributed by atoms with Crippen LogP contribution in [0, 0.1) is 5.82 Å². The van der Waals surface area contributed by atoms with Crippen molar-refractivity contribution in [2.75, 3.05) is 19.6 Å². The molecule has 0 bridgehead atoms. The maximum absolute atomic E-state index is 13.2. The number of hydrazine groups is 1. The molecule has 32 heavy (non-hydrogen) atoms. The summed E-state index contributed by atoms with van der Waals surface area (Å²) in [6.07, 6.45) is 4.57. The Labute approximate surface area is 187 Å². The highest BCUT2D eigenvalue weighted by atomic mass is 32.2. The van der Waals surface area contributed by atoms with Crippen LogP contribution in [0.5, 0.6) is 0 Å². The Hall–Kier alpha value is -2.98. The number of hydrogen-bond acceptors (Lipinski definition) is 5. The lowest BCUT2D eigenvalue weighted by molar-refractivity contribution is 0.0953. The Morgan fingerprint density at radius 3 is 2.31 bits per heavy atom. The molecule has 1 fully saturated rings. The Bertz CT molecular complexity index is 1040. The highest BCUT2D eigenvalue weighted by Gasteiger charge is 2.19. The third kappa shape index (κ3) is 7.03. The van der Waals surface area contributed by atoms with Crippen molar-refractivity contribution in [2.24, 2.45) is 0 Å². The smallest absolute Gasteiger partial charge is 0.343 e. The second-order valence-electron chi connectivity index (χ2n) is 7.61. The number of benzene rings is 2. The van der Waals surface area contributed by atoms with E-state index >= 15 is 0 Å². The van der Waals surface area contributed by atoms with Gasteiger partial charge in [-0.3, -0.25) is 10.2 Å². The number of hydrogen-bond donors (Lipinski definition) is 3. The van der Waals surface area contributed by atoms with E-state index in [0.717, 1.165) is 37.3 Å². The number of halogens is 1. The number of rotatable bonds is 7. The molecule has 3 amide bonds. The fraction of sp³-hybridized carbons (Fsp3) is 0.364. The van der Waals surface area contributed by atoms with Crippen molar-refractivity contribution < 1.29 is 22.4 Å². The normalized spacial score (nSPS) is 14.9. The van der Waals surface area contributed by atoms with Gasteiger partial charge in [-0.05, 0) is 55.2 Å². The van der Waals surface area contributed by atoms with Crippen LogP contribution in [-0.2, 0) is 16.4 Å². The van der Waals surface area contributed by atoms with Crippen LogP contribution in [0.15, 0.2) is 53.4 Å². The van der Waals surface area contributed by atoms with Crippen LogP contribution in [0.1, 0.15) is 41.6 Å². The molecule has 3 N–H and O–H groups in total. The lowest BCUT2D eigenvalue weighted by atomic mass is 10.1. The molecule has 1 aliphatic heterocycles. The van der Waals surface area contributed by atoms with E-state index in [-0.39, 0.29) is 16.4 Å². The van der Waals surface area contributed by atoms with Crippen molar-refractivity contribution in [3.05, 3.63) is 65.5 Å². The summed E-state index contributed by atoms with van der Waals surface area (Å²) in [6, 6.07) is 10.7. The summed E-state index contributed by atoms with van der Waals surface area (Å²) < 4.78 is 40.2. The van der Waals surface area contributed by atoms with E-state index in [9.17, 15) is 22.4 Å². The molecule has 2 aromatic rings. The number of urea groups is 1. The highest BCUT2D eigenvalue weighted by Crippen LogP contribution is 2.12. The Morgan fingerprint density at radius 2 is 1.66 bits per heavy atom. The Morgan fingerprint density at radius 1 is 0.969 bits per heavy atom. The third-order valence-electron chi connectivity index (χ3n) is 5.11. The molecule has 0 aliphatic carbocycles. The van der Waals surface area contributed by atoms with E-state index in [1.165, 1.54) is 30.3 Å². The molecule has 0 radical (unpaired) electrons. The minimum atomic E-state index is -4.00. The largest absolute Gasteiger partial charge is 0.352 e. The van der Waals surface area contributed by atoms with Crippen LogP contribution in [0.3, 0.4) is 0 Å². The molecule has 1 saturated heterocycles. The summed E-state index contributed by atoms with van der Waals surface area (Å²) in [5.74, 6) is -0.869. The van der Waals surface area contributed by atoms with Gasteiger partial charge >= 0.3 is 6.03 Å². The number of nitrogens with zero attached hydrogens (tertiary/aromatic N) is 1. The monoisotopic (exact) mass is 462 g/mol. The number of amides is 3. The van der Waals surface area contributed by atoms with E-state index in [1.807, 2.05) is 4.72 Å². The molecule has 0 unspecified atom stereocenters. The van der Waals surface area contributed by atoms with Gasteiger partial charge in [0.15, 0.2) is 0 Å². The van der Waals surface area contributed by atoms with E-state index in [4.69, 9.17) is 0 Å². The first-order valence-corrected chi connectivity index (χ1v) is 12.0. The molecule has 1 aliphatic rings. The predicted octanol–water partition coefficient (Wildman–Crippen LogP) is 2.58. The molecule has 10 heteroatoms. The second-order valence-corrected chi connectivity index (χ2v) is 9.29. The van der Waals surface area contributed by atoms with Crippen molar-refractivity contribution in [1.82, 2.24) is 20.5 Å². The average Bonchev–Trinajstić information content (AvgIpc) is 3.02. The first-order chi connectivity index (χ1) is 15.3. The summed E-state index contributed by atoms with van der Waals surface area (Å²) >= 11 is 0. The SMILES string of the molecule is O=C(NN1CCCCCC1)NS(=O)(=O)c1ccc(CCNC(=O)c2cccc(F)c2)cc1. The van der Waals surface area contributed by atoms with Gasteiger partial charge in [0.25, 0.3) is 15.9 Å². The molecule has 0 saturated carbocycles. The van der Waals surface area contributed by atoms with E-state index in [0.29, 0.717) is 26.1 Å². The summed E-state index contributed by atoms with van der Waals surface area (Å²) in [5.41, 5.74) is 3.63. The molecule has 0 spiro atoms. The Kier molecular flexibility index (Phi) is 8.18. The maximum Gasteiger partial charge on any atom is 0.343 e. The fourth-order valence-electron chi connectivity index (χ4n) is 3.42. The zero-order valence-corrected chi connectivity index (χ0v) is 18.5. The summed E-state index contributed by atoms with van der Waals surface area (Å²) in [6.45, 7) is 1.69. The van der Waals surface area contributed by atoms with Crippen molar-refractivity contribution in [1.29, 1.82) is 0 Å². The van der Waals surface area contributed by atoms with Crippen LogP contribution in [0.2, 0.25) is 0 Å². The minimum Gasteiger partial charge on any atom is -0.352 e. The summed E-state index contributed by atoms with van der Waals surface area (Å²) in [4.78, 5) is 24.1. The van der Waals surface area contributed by atoms with Gasteiger partial charge in [0.05, 0.1) is 4.90 Å². The zero-order chi connectivity index (χ0) is 23.0. The molecule has 0 aromatic heterocycles. The molecule has 8 nitrogen and oxygen atoms in total. The van der Waals surface area contributed by atoms with Gasteiger partial charge in [-0.15, -0.1) is 0 Å². The molecule has 0 atom stereocenters. The number of carbonyl (C=O) groups excluding carboxylic acids is 2. The van der Waals surface area contributed by atoms with Crippen LogP contribution in [0.25, 0.3) is 0 Å². The molecular formula is C22H27FN4O4S. The van der Waals surface area contributed by atoms with Crippen LogP contribution < -0.4 is 15.5 Å². The van der Waals surface area contributed by atoms with Crippen LogP contribution in [0.4, 0.5) is 9.18 Å². The minimum absolute atomic E-state index is 0.0314.